The lowest BCUT2D eigenvalue weighted by molar-refractivity contribution is -0.126. The molecule has 0 saturated carbocycles. The normalized spacial score (nSPS) is 18.3. The maximum absolute atomic E-state index is 12.0. The summed E-state index contributed by atoms with van der Waals surface area (Å²) in [5.74, 6) is 0.325. The standard InChI is InChI=1S/C20H31N3O3/c1-20(2,3)16-6-8-17(9-7-16)26-12-10-22-18(24)14-23-11-4-5-15(13-23)19(21)25/h6-9,15H,4-5,10-14H2,1-3H3,(H2,21,25)(H,22,24)/t15-/m1/s1. The van der Waals surface area contributed by atoms with Crippen LogP contribution in [0.3, 0.4) is 0 Å². The molecule has 1 heterocycles. The summed E-state index contributed by atoms with van der Waals surface area (Å²) in [5.41, 5.74) is 6.74. The number of ether oxygens (including phenoxy) is 1. The van der Waals surface area contributed by atoms with Gasteiger partial charge in [-0.1, -0.05) is 32.9 Å². The topological polar surface area (TPSA) is 84.7 Å². The van der Waals surface area contributed by atoms with E-state index in [1.807, 2.05) is 17.0 Å². The fourth-order valence-corrected chi connectivity index (χ4v) is 3.10. The zero-order valence-corrected chi connectivity index (χ0v) is 16.1. The molecule has 1 atom stereocenters. The molecule has 0 bridgehead atoms. The Morgan fingerprint density at radius 1 is 1.27 bits per heavy atom. The second kappa shape index (κ2) is 9.03. The van der Waals surface area contributed by atoms with Crippen molar-refractivity contribution >= 4 is 11.8 Å². The molecular formula is C20H31N3O3. The number of carbonyl (C=O) groups excluding carboxylic acids is 2. The van der Waals surface area contributed by atoms with Gasteiger partial charge in [0.05, 0.1) is 19.0 Å². The molecule has 2 rings (SSSR count). The lowest BCUT2D eigenvalue weighted by atomic mass is 9.87. The summed E-state index contributed by atoms with van der Waals surface area (Å²) in [6, 6.07) is 8.05. The minimum absolute atomic E-state index is 0.0539. The average Bonchev–Trinajstić information content (AvgIpc) is 2.58. The molecule has 1 fully saturated rings. The smallest absolute Gasteiger partial charge is 0.234 e. The van der Waals surface area contributed by atoms with E-state index in [2.05, 4.69) is 38.2 Å². The summed E-state index contributed by atoms with van der Waals surface area (Å²) < 4.78 is 5.67. The molecule has 1 aromatic rings. The summed E-state index contributed by atoms with van der Waals surface area (Å²) in [5, 5.41) is 2.86. The highest BCUT2D eigenvalue weighted by molar-refractivity contribution is 5.79. The van der Waals surface area contributed by atoms with Crippen LogP contribution < -0.4 is 15.8 Å². The van der Waals surface area contributed by atoms with Crippen LogP contribution in [0.5, 0.6) is 5.75 Å². The number of hydrogen-bond donors (Lipinski definition) is 2. The Hall–Kier alpha value is -2.08. The minimum Gasteiger partial charge on any atom is -0.492 e. The average molecular weight is 361 g/mol. The summed E-state index contributed by atoms with van der Waals surface area (Å²) in [4.78, 5) is 25.3. The van der Waals surface area contributed by atoms with Crippen molar-refractivity contribution < 1.29 is 14.3 Å². The summed E-state index contributed by atoms with van der Waals surface area (Å²) in [6.45, 7) is 9.08. The van der Waals surface area contributed by atoms with Crippen molar-refractivity contribution in [1.82, 2.24) is 10.2 Å². The van der Waals surface area contributed by atoms with Crippen molar-refractivity contribution in [3.8, 4) is 5.75 Å². The van der Waals surface area contributed by atoms with Gasteiger partial charge in [-0.25, -0.2) is 0 Å². The van der Waals surface area contributed by atoms with Crippen molar-refractivity contribution in [3.05, 3.63) is 29.8 Å². The number of amides is 2. The molecule has 0 spiro atoms. The quantitative estimate of drug-likeness (QED) is 0.724. The van der Waals surface area contributed by atoms with Crippen molar-refractivity contribution in [2.45, 2.75) is 39.0 Å². The molecule has 1 aliphatic heterocycles. The number of nitrogens with one attached hydrogen (secondary N) is 1. The van der Waals surface area contributed by atoms with E-state index < -0.39 is 0 Å². The molecule has 0 radical (unpaired) electrons. The van der Waals surface area contributed by atoms with E-state index in [9.17, 15) is 9.59 Å². The molecule has 6 heteroatoms. The van der Waals surface area contributed by atoms with Gasteiger partial charge in [0.25, 0.3) is 0 Å². The van der Waals surface area contributed by atoms with Gasteiger partial charge in [-0.2, -0.15) is 0 Å². The third-order valence-electron chi connectivity index (χ3n) is 4.69. The first-order chi connectivity index (χ1) is 12.3. The fourth-order valence-electron chi connectivity index (χ4n) is 3.10. The molecule has 1 aromatic carbocycles. The van der Waals surface area contributed by atoms with Gasteiger partial charge in [-0.15, -0.1) is 0 Å². The molecule has 26 heavy (non-hydrogen) atoms. The van der Waals surface area contributed by atoms with Crippen LogP contribution in [0.1, 0.15) is 39.2 Å². The third kappa shape index (κ3) is 6.33. The maximum atomic E-state index is 12.0. The Kier molecular flexibility index (Phi) is 7.03. The van der Waals surface area contributed by atoms with Crippen LogP contribution in [-0.4, -0.2) is 49.5 Å². The number of nitrogens with two attached hydrogens (primary N) is 1. The highest BCUT2D eigenvalue weighted by atomic mass is 16.5. The van der Waals surface area contributed by atoms with E-state index in [1.54, 1.807) is 0 Å². The first-order valence-electron chi connectivity index (χ1n) is 9.27. The number of hydrogen-bond acceptors (Lipinski definition) is 4. The molecule has 3 N–H and O–H groups in total. The predicted octanol–water partition coefficient (Wildman–Crippen LogP) is 1.68. The highest BCUT2D eigenvalue weighted by Crippen LogP contribution is 2.24. The van der Waals surface area contributed by atoms with Gasteiger partial charge in [-0.3, -0.25) is 14.5 Å². The summed E-state index contributed by atoms with van der Waals surface area (Å²) in [6.07, 6.45) is 1.71. The number of rotatable bonds is 7. The SMILES string of the molecule is CC(C)(C)c1ccc(OCCNC(=O)CN2CCC[C@@H](C(N)=O)C2)cc1. The molecule has 0 aliphatic carbocycles. The van der Waals surface area contributed by atoms with Gasteiger partial charge in [0.15, 0.2) is 0 Å². The first kappa shape index (κ1) is 20.2. The molecule has 1 aliphatic rings. The van der Waals surface area contributed by atoms with Gasteiger partial charge >= 0.3 is 0 Å². The van der Waals surface area contributed by atoms with Gasteiger partial charge in [-0.05, 0) is 42.5 Å². The number of primary amides is 1. The second-order valence-electron chi connectivity index (χ2n) is 7.95. The monoisotopic (exact) mass is 361 g/mol. The number of carbonyl (C=O) groups is 2. The third-order valence-corrected chi connectivity index (χ3v) is 4.69. The van der Waals surface area contributed by atoms with Crippen LogP contribution in [0.4, 0.5) is 0 Å². The molecule has 0 aromatic heterocycles. The Morgan fingerprint density at radius 3 is 2.58 bits per heavy atom. The Balaban J connectivity index is 1.66. The largest absolute Gasteiger partial charge is 0.492 e. The van der Waals surface area contributed by atoms with Crippen LogP contribution in [0, 0.1) is 5.92 Å². The number of benzene rings is 1. The van der Waals surface area contributed by atoms with E-state index in [0.717, 1.165) is 25.1 Å². The van der Waals surface area contributed by atoms with Gasteiger partial charge in [0.1, 0.15) is 12.4 Å². The molecule has 6 nitrogen and oxygen atoms in total. The zero-order chi connectivity index (χ0) is 19.2. The van der Waals surface area contributed by atoms with Gasteiger partial charge < -0.3 is 15.8 Å². The molecule has 0 unspecified atom stereocenters. The zero-order valence-electron chi connectivity index (χ0n) is 16.1. The van der Waals surface area contributed by atoms with Crippen molar-refractivity contribution in [3.63, 3.8) is 0 Å². The van der Waals surface area contributed by atoms with E-state index in [1.165, 1.54) is 5.56 Å². The Bertz CT molecular complexity index is 608. The Morgan fingerprint density at radius 2 is 1.96 bits per heavy atom. The maximum Gasteiger partial charge on any atom is 0.234 e. The summed E-state index contributed by atoms with van der Waals surface area (Å²) >= 11 is 0. The van der Waals surface area contributed by atoms with Crippen LogP contribution >= 0.6 is 0 Å². The van der Waals surface area contributed by atoms with Crippen LogP contribution in [0.15, 0.2) is 24.3 Å². The van der Waals surface area contributed by atoms with E-state index in [-0.39, 0.29) is 23.1 Å². The van der Waals surface area contributed by atoms with Crippen molar-refractivity contribution in [2.24, 2.45) is 11.7 Å². The van der Waals surface area contributed by atoms with Crippen LogP contribution in [0.25, 0.3) is 0 Å². The number of nitrogens with zero attached hydrogens (tertiary/aromatic N) is 1. The fraction of sp³-hybridized carbons (Fsp3) is 0.600. The minimum atomic E-state index is -0.277. The first-order valence-corrected chi connectivity index (χ1v) is 9.27. The van der Waals surface area contributed by atoms with E-state index in [4.69, 9.17) is 10.5 Å². The predicted molar refractivity (Wildman–Crippen MR) is 102 cm³/mol. The Labute approximate surface area is 156 Å². The lowest BCUT2D eigenvalue weighted by Crippen LogP contribution is -2.46. The van der Waals surface area contributed by atoms with Crippen molar-refractivity contribution in [2.75, 3.05) is 32.8 Å². The summed E-state index contributed by atoms with van der Waals surface area (Å²) in [7, 11) is 0. The van der Waals surface area contributed by atoms with E-state index in [0.29, 0.717) is 26.2 Å². The molecular weight excluding hydrogens is 330 g/mol. The molecule has 2 amide bonds. The highest BCUT2D eigenvalue weighted by Gasteiger charge is 2.24. The van der Waals surface area contributed by atoms with Crippen LogP contribution in [-0.2, 0) is 15.0 Å². The van der Waals surface area contributed by atoms with Crippen molar-refractivity contribution in [1.29, 1.82) is 0 Å². The number of piperidine rings is 1. The number of likely N-dealkylation sites (tertiary alicyclic amines) is 1. The molecule has 1 saturated heterocycles. The van der Waals surface area contributed by atoms with Gasteiger partial charge in [0.2, 0.25) is 11.8 Å². The second-order valence-corrected chi connectivity index (χ2v) is 7.95. The van der Waals surface area contributed by atoms with Gasteiger partial charge in [0, 0.05) is 6.54 Å². The molecule has 144 valence electrons. The lowest BCUT2D eigenvalue weighted by Gasteiger charge is -2.30. The van der Waals surface area contributed by atoms with E-state index >= 15 is 0 Å². The van der Waals surface area contributed by atoms with Crippen LogP contribution in [0.2, 0.25) is 0 Å².